The van der Waals surface area contributed by atoms with E-state index in [4.69, 9.17) is 0 Å². The molecule has 0 radical (unpaired) electrons. The summed E-state index contributed by atoms with van der Waals surface area (Å²) in [6.07, 6.45) is 5.82. The second-order valence-corrected chi connectivity index (χ2v) is 4.59. The van der Waals surface area contributed by atoms with Crippen molar-refractivity contribution >= 4 is 17.9 Å². The molecule has 0 spiro atoms. The second kappa shape index (κ2) is 7.12. The van der Waals surface area contributed by atoms with Crippen LogP contribution in [0.1, 0.15) is 39.0 Å². The topological polar surface area (TPSA) is 41.1 Å². The summed E-state index contributed by atoms with van der Waals surface area (Å²) >= 11 is 1.65. The highest BCUT2D eigenvalue weighted by Gasteiger charge is 2.21. The summed E-state index contributed by atoms with van der Waals surface area (Å²) < 4.78 is 3.11. The number of hydrogen-bond acceptors (Lipinski definition) is 3. The van der Waals surface area contributed by atoms with Crippen LogP contribution in [0.15, 0.2) is 0 Å². The molecule has 3 nitrogen and oxygen atoms in total. The molecule has 1 heterocycles. The number of rotatable bonds is 6. The molecule has 1 saturated heterocycles. The minimum atomic E-state index is 0.0474. The van der Waals surface area contributed by atoms with E-state index in [2.05, 4.69) is 17.0 Å². The van der Waals surface area contributed by atoms with Gasteiger partial charge in [-0.05, 0) is 12.8 Å². The molecule has 14 heavy (non-hydrogen) atoms. The minimum absolute atomic E-state index is 0.0474. The third-order valence-electron chi connectivity index (χ3n) is 2.38. The Balaban J connectivity index is 1.97. The van der Waals surface area contributed by atoms with Gasteiger partial charge in [-0.2, -0.15) is 0 Å². The van der Waals surface area contributed by atoms with Crippen molar-refractivity contribution in [1.82, 2.24) is 10.0 Å². The molecule has 1 rings (SSSR count). The molecule has 0 aliphatic carbocycles. The van der Waals surface area contributed by atoms with E-state index in [1.807, 2.05) is 0 Å². The average Bonchev–Trinajstić information content (AvgIpc) is 2.70. The van der Waals surface area contributed by atoms with E-state index in [1.54, 1.807) is 11.9 Å². The van der Waals surface area contributed by atoms with E-state index in [-0.39, 0.29) is 11.9 Å². The Labute approximate surface area is 90.5 Å². The van der Waals surface area contributed by atoms with Crippen LogP contribution in [0.5, 0.6) is 0 Å². The fourth-order valence-corrected chi connectivity index (χ4v) is 2.36. The van der Waals surface area contributed by atoms with E-state index in [0.29, 0.717) is 0 Å². The lowest BCUT2D eigenvalue weighted by atomic mass is 10.2. The number of unbranched alkanes of at least 4 members (excludes halogenated alkanes) is 3. The van der Waals surface area contributed by atoms with Crippen LogP contribution in [-0.4, -0.2) is 24.2 Å². The number of amides is 1. The lowest BCUT2D eigenvalue weighted by molar-refractivity contribution is -0.122. The SMILES string of the molecule is CCCCCCNC(=O)C1CCSN1. The van der Waals surface area contributed by atoms with Gasteiger partial charge in [0.05, 0.1) is 6.04 Å². The van der Waals surface area contributed by atoms with Crippen molar-refractivity contribution in [3.63, 3.8) is 0 Å². The molecule has 1 unspecified atom stereocenters. The zero-order chi connectivity index (χ0) is 10.2. The summed E-state index contributed by atoms with van der Waals surface area (Å²) in [7, 11) is 0. The Hall–Kier alpha value is -0.220. The van der Waals surface area contributed by atoms with Crippen LogP contribution in [-0.2, 0) is 4.79 Å². The molecule has 1 amide bonds. The number of hydrogen-bond donors (Lipinski definition) is 2. The normalized spacial score (nSPS) is 21.1. The molecule has 2 N–H and O–H groups in total. The third kappa shape index (κ3) is 4.33. The van der Waals surface area contributed by atoms with Crippen molar-refractivity contribution in [2.75, 3.05) is 12.3 Å². The van der Waals surface area contributed by atoms with Gasteiger partial charge in [0, 0.05) is 12.3 Å². The smallest absolute Gasteiger partial charge is 0.238 e. The van der Waals surface area contributed by atoms with Crippen LogP contribution in [0.3, 0.4) is 0 Å². The first-order chi connectivity index (χ1) is 6.84. The first-order valence-corrected chi connectivity index (χ1v) is 6.48. The van der Waals surface area contributed by atoms with Gasteiger partial charge in [0.1, 0.15) is 0 Å². The summed E-state index contributed by atoms with van der Waals surface area (Å²) in [5.74, 6) is 1.22. The Bertz CT molecular complexity index is 170. The van der Waals surface area contributed by atoms with E-state index in [0.717, 1.165) is 25.1 Å². The van der Waals surface area contributed by atoms with E-state index < -0.39 is 0 Å². The number of carbonyl (C=O) groups is 1. The monoisotopic (exact) mass is 216 g/mol. The van der Waals surface area contributed by atoms with E-state index in [1.165, 1.54) is 19.3 Å². The highest BCUT2D eigenvalue weighted by Crippen LogP contribution is 2.12. The molecule has 1 aliphatic heterocycles. The molecule has 82 valence electrons. The summed E-state index contributed by atoms with van der Waals surface area (Å²) in [6.45, 7) is 3.03. The molecule has 0 bridgehead atoms. The Morgan fingerprint density at radius 2 is 2.36 bits per heavy atom. The van der Waals surface area contributed by atoms with Gasteiger partial charge >= 0.3 is 0 Å². The number of nitrogens with one attached hydrogen (secondary N) is 2. The lowest BCUT2D eigenvalue weighted by Crippen LogP contribution is -2.39. The zero-order valence-electron chi connectivity index (χ0n) is 8.84. The highest BCUT2D eigenvalue weighted by atomic mass is 32.2. The van der Waals surface area contributed by atoms with Gasteiger partial charge in [-0.25, -0.2) is 0 Å². The molecule has 0 saturated carbocycles. The van der Waals surface area contributed by atoms with Gasteiger partial charge in [0.25, 0.3) is 0 Å². The van der Waals surface area contributed by atoms with Crippen LogP contribution in [0.25, 0.3) is 0 Å². The Morgan fingerprint density at radius 3 is 3.00 bits per heavy atom. The molecule has 0 aromatic rings. The van der Waals surface area contributed by atoms with Gasteiger partial charge in [0.15, 0.2) is 0 Å². The van der Waals surface area contributed by atoms with Gasteiger partial charge in [-0.15, -0.1) is 0 Å². The molecule has 4 heteroatoms. The fraction of sp³-hybridized carbons (Fsp3) is 0.900. The van der Waals surface area contributed by atoms with Gasteiger partial charge < -0.3 is 5.32 Å². The maximum atomic E-state index is 11.5. The Morgan fingerprint density at radius 1 is 1.50 bits per heavy atom. The lowest BCUT2D eigenvalue weighted by Gasteiger charge is -2.09. The van der Waals surface area contributed by atoms with Crippen molar-refractivity contribution in [1.29, 1.82) is 0 Å². The van der Waals surface area contributed by atoms with Crippen molar-refractivity contribution in [2.24, 2.45) is 0 Å². The van der Waals surface area contributed by atoms with Crippen molar-refractivity contribution in [3.8, 4) is 0 Å². The van der Waals surface area contributed by atoms with Gasteiger partial charge in [-0.3, -0.25) is 9.52 Å². The fourth-order valence-electron chi connectivity index (χ4n) is 1.47. The predicted octanol–water partition coefficient (Wildman–Crippen LogP) is 1.69. The van der Waals surface area contributed by atoms with E-state index >= 15 is 0 Å². The minimum Gasteiger partial charge on any atom is -0.355 e. The van der Waals surface area contributed by atoms with Crippen LogP contribution in [0, 0.1) is 0 Å². The third-order valence-corrected chi connectivity index (χ3v) is 3.27. The molecular weight excluding hydrogens is 196 g/mol. The van der Waals surface area contributed by atoms with Crippen LogP contribution < -0.4 is 10.0 Å². The van der Waals surface area contributed by atoms with Crippen molar-refractivity contribution < 1.29 is 4.79 Å². The maximum Gasteiger partial charge on any atom is 0.238 e. The summed E-state index contributed by atoms with van der Waals surface area (Å²) in [5.41, 5.74) is 0. The highest BCUT2D eigenvalue weighted by molar-refractivity contribution is 7.97. The van der Waals surface area contributed by atoms with Crippen molar-refractivity contribution in [3.05, 3.63) is 0 Å². The molecule has 1 fully saturated rings. The molecule has 1 atom stereocenters. The maximum absolute atomic E-state index is 11.5. The van der Waals surface area contributed by atoms with Crippen LogP contribution in [0.2, 0.25) is 0 Å². The summed E-state index contributed by atoms with van der Waals surface area (Å²) in [4.78, 5) is 11.5. The Kier molecular flexibility index (Phi) is 6.03. The molecular formula is C10H20N2OS. The van der Waals surface area contributed by atoms with Crippen LogP contribution >= 0.6 is 11.9 Å². The largest absolute Gasteiger partial charge is 0.355 e. The molecule has 0 aromatic heterocycles. The molecule has 1 aliphatic rings. The first-order valence-electron chi connectivity index (χ1n) is 5.49. The van der Waals surface area contributed by atoms with Gasteiger partial charge in [-0.1, -0.05) is 38.1 Å². The van der Waals surface area contributed by atoms with Gasteiger partial charge in [0.2, 0.25) is 5.91 Å². The average molecular weight is 216 g/mol. The number of carbonyl (C=O) groups excluding carboxylic acids is 1. The molecule has 0 aromatic carbocycles. The van der Waals surface area contributed by atoms with Crippen molar-refractivity contribution in [2.45, 2.75) is 45.1 Å². The summed E-state index contributed by atoms with van der Waals surface area (Å²) in [5, 5.41) is 2.97. The first kappa shape index (κ1) is 11.9. The van der Waals surface area contributed by atoms with E-state index in [9.17, 15) is 4.79 Å². The summed E-state index contributed by atoms with van der Waals surface area (Å²) in [6, 6.07) is 0.0474. The van der Waals surface area contributed by atoms with Crippen LogP contribution in [0.4, 0.5) is 0 Å². The quantitative estimate of drug-likeness (QED) is 0.524. The second-order valence-electron chi connectivity index (χ2n) is 3.66. The predicted molar refractivity (Wildman–Crippen MR) is 61.2 cm³/mol. The standard InChI is InChI=1S/C10H20N2OS/c1-2-3-4-5-7-11-10(13)9-6-8-14-12-9/h9,12H,2-8H2,1H3,(H,11,13). The zero-order valence-corrected chi connectivity index (χ0v) is 9.66.